The minimum Gasteiger partial charge on any atom is -0.479 e. The van der Waals surface area contributed by atoms with Crippen molar-refractivity contribution < 1.29 is 14.2 Å². The SMILES string of the molecule is Cc1ccnc(Oc2ccc(-c3cnc(O)nc3-c3cccc(N)c3)cc2F)n1. The quantitative estimate of drug-likeness (QED) is 0.505. The number of anilines is 1. The Labute approximate surface area is 165 Å². The summed E-state index contributed by atoms with van der Waals surface area (Å²) in [7, 11) is 0. The molecule has 2 aromatic heterocycles. The van der Waals surface area contributed by atoms with Crippen molar-refractivity contribution in [2.75, 3.05) is 5.73 Å². The second kappa shape index (κ2) is 7.51. The predicted molar refractivity (Wildman–Crippen MR) is 106 cm³/mol. The molecule has 0 atom stereocenters. The van der Waals surface area contributed by atoms with Crippen LogP contribution >= 0.6 is 0 Å². The molecule has 0 spiro atoms. The Morgan fingerprint density at radius 1 is 1.00 bits per heavy atom. The molecule has 0 saturated heterocycles. The number of aryl methyl sites for hydroxylation is 1. The number of rotatable bonds is 4. The maximum absolute atomic E-state index is 14.7. The van der Waals surface area contributed by atoms with Crippen LogP contribution in [-0.2, 0) is 0 Å². The number of nitrogens with zero attached hydrogens (tertiary/aromatic N) is 4. The van der Waals surface area contributed by atoms with E-state index in [0.717, 1.165) is 0 Å². The Morgan fingerprint density at radius 2 is 1.86 bits per heavy atom. The number of nitrogens with two attached hydrogens (primary N) is 1. The van der Waals surface area contributed by atoms with Gasteiger partial charge in [0, 0.05) is 34.9 Å². The van der Waals surface area contributed by atoms with Gasteiger partial charge in [0.25, 0.3) is 0 Å². The summed E-state index contributed by atoms with van der Waals surface area (Å²) in [5.74, 6) is -0.608. The molecule has 0 unspecified atom stereocenters. The molecule has 0 saturated carbocycles. The third-order valence-electron chi connectivity index (χ3n) is 4.15. The number of aromatic hydroxyl groups is 1. The van der Waals surface area contributed by atoms with Crippen molar-refractivity contribution in [2.24, 2.45) is 0 Å². The minimum atomic E-state index is -0.598. The predicted octanol–water partition coefficient (Wildman–Crippen LogP) is 4.13. The average Bonchev–Trinajstić information content (AvgIpc) is 2.69. The van der Waals surface area contributed by atoms with E-state index in [0.29, 0.717) is 33.8 Å². The Bertz CT molecular complexity index is 1200. The highest BCUT2D eigenvalue weighted by Gasteiger charge is 2.15. The number of ether oxygens (including phenoxy) is 1. The molecule has 0 radical (unpaired) electrons. The van der Waals surface area contributed by atoms with Gasteiger partial charge in [-0.15, -0.1) is 0 Å². The molecule has 0 aliphatic heterocycles. The number of hydrogen-bond donors (Lipinski definition) is 2. The fourth-order valence-electron chi connectivity index (χ4n) is 2.81. The van der Waals surface area contributed by atoms with Gasteiger partial charge in [0.15, 0.2) is 11.6 Å². The van der Waals surface area contributed by atoms with Crippen LogP contribution in [0.25, 0.3) is 22.4 Å². The molecule has 0 aliphatic rings. The third-order valence-corrected chi connectivity index (χ3v) is 4.15. The van der Waals surface area contributed by atoms with Crippen molar-refractivity contribution in [3.05, 3.63) is 72.4 Å². The first-order chi connectivity index (χ1) is 14.0. The lowest BCUT2D eigenvalue weighted by molar-refractivity contribution is 0.410. The molecule has 0 bridgehead atoms. The number of nitrogen functional groups attached to an aromatic ring is 1. The van der Waals surface area contributed by atoms with Gasteiger partial charge in [-0.1, -0.05) is 18.2 Å². The Hall–Kier alpha value is -4.07. The van der Waals surface area contributed by atoms with Crippen LogP contribution in [0.3, 0.4) is 0 Å². The van der Waals surface area contributed by atoms with Crippen LogP contribution in [0.5, 0.6) is 17.8 Å². The van der Waals surface area contributed by atoms with Gasteiger partial charge in [-0.05, 0) is 42.8 Å². The zero-order chi connectivity index (χ0) is 20.4. The monoisotopic (exact) mass is 389 g/mol. The number of halogens is 1. The molecule has 4 aromatic rings. The van der Waals surface area contributed by atoms with Crippen LogP contribution in [0.4, 0.5) is 10.1 Å². The van der Waals surface area contributed by atoms with Crippen molar-refractivity contribution in [1.29, 1.82) is 0 Å². The van der Waals surface area contributed by atoms with E-state index in [1.54, 1.807) is 43.3 Å². The minimum absolute atomic E-state index is 0.00967. The van der Waals surface area contributed by atoms with E-state index in [1.807, 2.05) is 0 Å². The lowest BCUT2D eigenvalue weighted by Crippen LogP contribution is -1.96. The summed E-state index contributed by atoms with van der Waals surface area (Å²) < 4.78 is 20.2. The fourth-order valence-corrected chi connectivity index (χ4v) is 2.81. The van der Waals surface area contributed by atoms with Gasteiger partial charge in [0.2, 0.25) is 0 Å². The first-order valence-corrected chi connectivity index (χ1v) is 8.69. The van der Waals surface area contributed by atoms with Crippen LogP contribution in [-0.4, -0.2) is 25.0 Å². The topological polar surface area (TPSA) is 107 Å². The first-order valence-electron chi connectivity index (χ1n) is 8.69. The molecule has 3 N–H and O–H groups in total. The standard InChI is InChI=1S/C21H16FN5O2/c1-12-7-8-24-21(26-12)29-18-6-5-13(10-17(18)22)16-11-25-20(28)27-19(16)14-3-2-4-15(23)9-14/h2-11H,23H2,1H3,(H,25,27,28). The van der Waals surface area contributed by atoms with E-state index in [-0.39, 0.29) is 17.8 Å². The normalized spacial score (nSPS) is 10.7. The van der Waals surface area contributed by atoms with Crippen molar-refractivity contribution in [3.63, 3.8) is 0 Å². The molecule has 0 aliphatic carbocycles. The van der Waals surface area contributed by atoms with Crippen LogP contribution < -0.4 is 10.5 Å². The molecule has 29 heavy (non-hydrogen) atoms. The van der Waals surface area contributed by atoms with Crippen molar-refractivity contribution in [3.8, 4) is 40.2 Å². The Kier molecular flexibility index (Phi) is 4.74. The Morgan fingerprint density at radius 3 is 2.62 bits per heavy atom. The van der Waals surface area contributed by atoms with E-state index in [4.69, 9.17) is 10.5 Å². The summed E-state index contributed by atoms with van der Waals surface area (Å²) in [6, 6.07) is 12.9. The largest absolute Gasteiger partial charge is 0.479 e. The average molecular weight is 389 g/mol. The van der Waals surface area contributed by atoms with Crippen LogP contribution in [0, 0.1) is 12.7 Å². The van der Waals surface area contributed by atoms with Crippen molar-refractivity contribution >= 4 is 5.69 Å². The zero-order valence-electron chi connectivity index (χ0n) is 15.4. The highest BCUT2D eigenvalue weighted by molar-refractivity contribution is 5.81. The van der Waals surface area contributed by atoms with Gasteiger partial charge < -0.3 is 15.6 Å². The van der Waals surface area contributed by atoms with Crippen LogP contribution in [0.1, 0.15) is 5.69 Å². The zero-order valence-corrected chi connectivity index (χ0v) is 15.4. The van der Waals surface area contributed by atoms with E-state index < -0.39 is 5.82 Å². The number of benzene rings is 2. The maximum Gasteiger partial charge on any atom is 0.322 e. The van der Waals surface area contributed by atoms with Crippen molar-refractivity contribution in [1.82, 2.24) is 19.9 Å². The lowest BCUT2D eigenvalue weighted by atomic mass is 10.0. The number of hydrogen-bond acceptors (Lipinski definition) is 7. The van der Waals surface area contributed by atoms with E-state index in [2.05, 4.69) is 19.9 Å². The molecule has 7 nitrogen and oxygen atoms in total. The molecule has 0 fully saturated rings. The summed E-state index contributed by atoms with van der Waals surface area (Å²) in [5.41, 5.74) is 9.25. The summed E-state index contributed by atoms with van der Waals surface area (Å²) in [6.07, 6.45) is 2.97. The molecule has 2 aromatic carbocycles. The molecule has 4 rings (SSSR count). The first kappa shape index (κ1) is 18.3. The second-order valence-corrected chi connectivity index (χ2v) is 6.29. The lowest BCUT2D eigenvalue weighted by Gasteiger charge is -2.11. The third kappa shape index (κ3) is 3.96. The maximum atomic E-state index is 14.7. The van der Waals surface area contributed by atoms with Crippen LogP contribution in [0.2, 0.25) is 0 Å². The summed E-state index contributed by atoms with van der Waals surface area (Å²) in [6.45, 7) is 1.79. The fraction of sp³-hybridized carbons (Fsp3) is 0.0476. The Balaban J connectivity index is 1.73. The van der Waals surface area contributed by atoms with E-state index in [1.165, 1.54) is 24.5 Å². The second-order valence-electron chi connectivity index (χ2n) is 6.29. The summed E-state index contributed by atoms with van der Waals surface area (Å²) in [5, 5.41) is 9.74. The van der Waals surface area contributed by atoms with Gasteiger partial charge in [0.05, 0.1) is 5.69 Å². The number of aromatic nitrogens is 4. The highest BCUT2D eigenvalue weighted by atomic mass is 19.1. The van der Waals surface area contributed by atoms with Gasteiger partial charge in [-0.25, -0.2) is 19.3 Å². The molecular weight excluding hydrogens is 373 g/mol. The highest BCUT2D eigenvalue weighted by Crippen LogP contribution is 2.34. The van der Waals surface area contributed by atoms with Crippen LogP contribution in [0.15, 0.2) is 60.9 Å². The van der Waals surface area contributed by atoms with Gasteiger partial charge in [-0.3, -0.25) is 0 Å². The molecule has 144 valence electrons. The van der Waals surface area contributed by atoms with Gasteiger partial charge in [0.1, 0.15) is 0 Å². The van der Waals surface area contributed by atoms with Crippen molar-refractivity contribution in [2.45, 2.75) is 6.92 Å². The summed E-state index contributed by atoms with van der Waals surface area (Å²) >= 11 is 0. The summed E-state index contributed by atoms with van der Waals surface area (Å²) in [4.78, 5) is 16.0. The van der Waals surface area contributed by atoms with E-state index in [9.17, 15) is 9.50 Å². The molecule has 8 heteroatoms. The molecular formula is C21H16FN5O2. The molecule has 0 amide bonds. The smallest absolute Gasteiger partial charge is 0.322 e. The van der Waals surface area contributed by atoms with Gasteiger partial charge in [-0.2, -0.15) is 4.98 Å². The van der Waals surface area contributed by atoms with Gasteiger partial charge >= 0.3 is 12.0 Å². The van der Waals surface area contributed by atoms with E-state index >= 15 is 0 Å². The molecule has 2 heterocycles.